The van der Waals surface area contributed by atoms with Gasteiger partial charge in [0, 0.05) is 69.0 Å². The molecule has 0 bridgehead atoms. The molecule has 1 amide bonds. The SMILES string of the molecule is CN(C)C/C=C/C(=O)Nc1ccc(CNC2(C)CCC[C@@H](Nc3ncc4c(n3)-c3c5c(cccc5nn3COCC[Si](C)(C)C)C4)C2)nc1. The van der Waals surface area contributed by atoms with E-state index in [4.69, 9.17) is 19.8 Å². The third-order valence-corrected chi connectivity index (χ3v) is 11.1. The lowest BCUT2D eigenvalue weighted by molar-refractivity contribution is -0.111. The summed E-state index contributed by atoms with van der Waals surface area (Å²) in [5, 5.41) is 16.4. The highest BCUT2D eigenvalue weighted by Gasteiger charge is 2.33. The van der Waals surface area contributed by atoms with E-state index in [0.29, 0.717) is 31.5 Å². The largest absolute Gasteiger partial charge is 0.360 e. The zero-order chi connectivity index (χ0) is 34.6. The summed E-state index contributed by atoms with van der Waals surface area (Å²) in [5.74, 6) is 0.500. The number of anilines is 2. The van der Waals surface area contributed by atoms with Crippen molar-refractivity contribution in [3.8, 4) is 11.4 Å². The van der Waals surface area contributed by atoms with E-state index in [1.54, 1.807) is 12.3 Å². The molecular weight excluding hydrogens is 631 g/mol. The lowest BCUT2D eigenvalue weighted by Gasteiger charge is -2.39. The number of nitrogens with zero attached hydrogens (tertiary/aromatic N) is 6. The number of benzene rings is 1. The van der Waals surface area contributed by atoms with Crippen molar-refractivity contribution in [2.75, 3.05) is 37.9 Å². The van der Waals surface area contributed by atoms with Gasteiger partial charge in [0.25, 0.3) is 0 Å². The van der Waals surface area contributed by atoms with Crippen LogP contribution in [0.25, 0.3) is 22.3 Å². The number of nitrogens with one attached hydrogen (secondary N) is 3. The number of rotatable bonds is 14. The smallest absolute Gasteiger partial charge is 0.248 e. The summed E-state index contributed by atoms with van der Waals surface area (Å²) in [6.07, 6.45) is 12.1. The van der Waals surface area contributed by atoms with Crippen molar-refractivity contribution < 1.29 is 9.53 Å². The molecule has 0 spiro atoms. The Labute approximate surface area is 291 Å². The van der Waals surface area contributed by atoms with E-state index in [1.807, 2.05) is 48.1 Å². The Morgan fingerprint density at radius 2 is 2.00 bits per heavy atom. The zero-order valence-electron chi connectivity index (χ0n) is 29.8. The molecule has 4 aromatic rings. The van der Waals surface area contributed by atoms with Crippen molar-refractivity contribution >= 4 is 36.5 Å². The zero-order valence-corrected chi connectivity index (χ0v) is 30.8. The van der Waals surface area contributed by atoms with Crippen LogP contribution in [0.2, 0.25) is 25.7 Å². The van der Waals surface area contributed by atoms with E-state index in [2.05, 4.69) is 65.7 Å². The molecule has 1 fully saturated rings. The second-order valence-electron chi connectivity index (χ2n) is 15.3. The molecule has 1 aromatic carbocycles. The summed E-state index contributed by atoms with van der Waals surface area (Å²) in [6.45, 7) is 11.9. The number of ether oxygens (including phenoxy) is 1. The van der Waals surface area contributed by atoms with Crippen molar-refractivity contribution in [3.63, 3.8) is 0 Å². The first-order valence-electron chi connectivity index (χ1n) is 17.5. The van der Waals surface area contributed by atoms with Crippen molar-refractivity contribution in [2.45, 2.75) is 89.6 Å². The summed E-state index contributed by atoms with van der Waals surface area (Å²) >= 11 is 0. The highest BCUT2D eigenvalue weighted by molar-refractivity contribution is 6.76. The number of carbonyl (C=O) groups excluding carboxylic acids is 1. The van der Waals surface area contributed by atoms with Crippen LogP contribution >= 0.6 is 0 Å². The van der Waals surface area contributed by atoms with Gasteiger partial charge in [-0.1, -0.05) is 37.8 Å². The lowest BCUT2D eigenvalue weighted by atomic mass is 9.80. The van der Waals surface area contributed by atoms with Gasteiger partial charge >= 0.3 is 0 Å². The van der Waals surface area contributed by atoms with E-state index < -0.39 is 8.07 Å². The van der Waals surface area contributed by atoms with Crippen LogP contribution in [0, 0.1) is 0 Å². The number of likely N-dealkylation sites (N-methyl/N-ethyl adjacent to an activating group) is 1. The minimum absolute atomic E-state index is 0.0626. The van der Waals surface area contributed by atoms with Crippen LogP contribution < -0.4 is 16.0 Å². The molecule has 0 saturated heterocycles. The lowest BCUT2D eigenvalue weighted by Crippen LogP contribution is -2.48. The maximum Gasteiger partial charge on any atom is 0.248 e. The molecule has 260 valence electrons. The Balaban J connectivity index is 1.09. The highest BCUT2D eigenvalue weighted by Crippen LogP contribution is 2.39. The van der Waals surface area contributed by atoms with Crippen molar-refractivity contribution in [1.29, 1.82) is 0 Å². The number of amides is 1. The van der Waals surface area contributed by atoms with Crippen molar-refractivity contribution in [1.82, 2.24) is 34.9 Å². The van der Waals surface area contributed by atoms with Gasteiger partial charge in [-0.25, -0.2) is 14.6 Å². The fourth-order valence-electron chi connectivity index (χ4n) is 6.69. The van der Waals surface area contributed by atoms with Crippen LogP contribution in [0.1, 0.15) is 49.4 Å². The van der Waals surface area contributed by atoms with Gasteiger partial charge in [-0.2, -0.15) is 5.10 Å². The Morgan fingerprint density at radius 3 is 2.78 bits per heavy atom. The van der Waals surface area contributed by atoms with Gasteiger partial charge in [-0.05, 0) is 76.5 Å². The monoisotopic (exact) mass is 681 g/mol. The Bertz CT molecular complexity index is 1800. The predicted octanol–water partition coefficient (Wildman–Crippen LogP) is 6.06. The van der Waals surface area contributed by atoms with Crippen molar-refractivity contribution in [3.05, 3.63) is 71.7 Å². The Morgan fingerprint density at radius 1 is 1.14 bits per heavy atom. The highest BCUT2D eigenvalue weighted by atomic mass is 28.3. The number of hydrogen-bond acceptors (Lipinski definition) is 9. The quantitative estimate of drug-likeness (QED) is 0.0729. The van der Waals surface area contributed by atoms with Crippen LogP contribution in [0.4, 0.5) is 11.6 Å². The second-order valence-corrected chi connectivity index (χ2v) is 20.9. The average molecular weight is 682 g/mol. The number of carbonyl (C=O) groups is 1. The van der Waals surface area contributed by atoms with Crippen LogP contribution in [0.5, 0.6) is 0 Å². The number of pyridine rings is 1. The van der Waals surface area contributed by atoms with Crippen LogP contribution in [-0.2, 0) is 29.2 Å². The van der Waals surface area contributed by atoms with Crippen LogP contribution in [-0.4, -0.2) is 82.4 Å². The van der Waals surface area contributed by atoms with Crippen molar-refractivity contribution in [2.24, 2.45) is 0 Å². The normalized spacial score (nSPS) is 19.0. The van der Waals surface area contributed by atoms with Gasteiger partial charge in [-0.15, -0.1) is 0 Å². The number of aromatic nitrogens is 5. The van der Waals surface area contributed by atoms with E-state index in [-0.39, 0.29) is 17.5 Å². The van der Waals surface area contributed by atoms with Gasteiger partial charge in [0.05, 0.1) is 34.5 Å². The van der Waals surface area contributed by atoms with Gasteiger partial charge in [-0.3, -0.25) is 9.78 Å². The van der Waals surface area contributed by atoms with Gasteiger partial charge < -0.3 is 25.6 Å². The van der Waals surface area contributed by atoms with E-state index >= 15 is 0 Å². The van der Waals surface area contributed by atoms with E-state index in [9.17, 15) is 4.79 Å². The second kappa shape index (κ2) is 14.9. The molecule has 1 saturated carbocycles. The van der Waals surface area contributed by atoms with E-state index in [1.165, 1.54) is 10.9 Å². The van der Waals surface area contributed by atoms with Gasteiger partial charge in [0.2, 0.25) is 11.9 Å². The number of hydrogen-bond donors (Lipinski definition) is 3. The fourth-order valence-corrected chi connectivity index (χ4v) is 7.45. The first-order valence-corrected chi connectivity index (χ1v) is 21.2. The summed E-state index contributed by atoms with van der Waals surface area (Å²) in [6, 6.07) is 11.6. The molecule has 0 radical (unpaired) electrons. The first kappa shape index (κ1) is 34.9. The molecule has 12 heteroatoms. The predicted molar refractivity (Wildman–Crippen MR) is 199 cm³/mol. The molecule has 3 aromatic heterocycles. The molecule has 6 rings (SSSR count). The molecule has 2 atom stereocenters. The molecule has 2 aliphatic rings. The molecular formula is C37H51N9O2Si. The summed E-state index contributed by atoms with van der Waals surface area (Å²) in [4.78, 5) is 28.7. The maximum absolute atomic E-state index is 12.2. The Hall–Kier alpha value is -3.97. The Kier molecular flexibility index (Phi) is 10.6. The third-order valence-electron chi connectivity index (χ3n) is 9.37. The molecule has 0 aliphatic heterocycles. The summed E-state index contributed by atoms with van der Waals surface area (Å²) < 4.78 is 8.15. The maximum atomic E-state index is 12.2. The number of fused-ring (bicyclic) bond motifs is 2. The third kappa shape index (κ3) is 8.99. The molecule has 1 unspecified atom stereocenters. The summed E-state index contributed by atoms with van der Waals surface area (Å²) in [7, 11) is 2.74. The standard InChI is InChI=1S/C37H51N9O2Si/c1-37(40-24-29-14-15-30(23-38-29)41-32(47)13-9-17-45(2)3)16-8-11-28(21-37)42-36-39-22-27-20-26-10-7-12-31-33(26)35(34(27)43-36)46(44-31)25-48-18-19-49(4,5)6/h7,9-10,12-15,22-23,28,40H,8,11,16-21,24-25H2,1-6H3,(H,41,47)(H,39,42,43)/b13-9+/t28-,37?/m1/s1. The minimum Gasteiger partial charge on any atom is -0.360 e. The summed E-state index contributed by atoms with van der Waals surface area (Å²) in [5.41, 5.74) is 6.88. The molecule has 49 heavy (non-hydrogen) atoms. The van der Waals surface area contributed by atoms with Crippen LogP contribution in [0.15, 0.2) is 54.9 Å². The minimum atomic E-state index is -1.19. The van der Waals surface area contributed by atoms with Crippen LogP contribution in [0.3, 0.4) is 0 Å². The van der Waals surface area contributed by atoms with Gasteiger partial charge in [0.1, 0.15) is 6.73 Å². The molecule has 3 N–H and O–H groups in total. The first-order chi connectivity index (χ1) is 23.4. The average Bonchev–Trinajstić information content (AvgIpc) is 3.42. The van der Waals surface area contributed by atoms with Gasteiger partial charge in [0.15, 0.2) is 0 Å². The molecule has 2 aliphatic carbocycles. The topological polar surface area (TPSA) is 122 Å². The molecule has 11 nitrogen and oxygen atoms in total. The van der Waals surface area contributed by atoms with E-state index in [0.717, 1.165) is 72.9 Å². The fraction of sp³-hybridized carbons (Fsp3) is 0.486. The molecule has 3 heterocycles.